The largest absolute Gasteiger partial charge is 0.467 e. The molecule has 0 spiro atoms. The van der Waals surface area contributed by atoms with Crippen molar-refractivity contribution in [3.8, 4) is 0 Å². The third-order valence-electron chi connectivity index (χ3n) is 5.31. The molecule has 1 atom stereocenters. The van der Waals surface area contributed by atoms with E-state index < -0.39 is 0 Å². The first kappa shape index (κ1) is 19.0. The predicted octanol–water partition coefficient (Wildman–Crippen LogP) is 2.83. The van der Waals surface area contributed by atoms with Crippen LogP contribution in [0.5, 0.6) is 0 Å². The second-order valence-electron chi connectivity index (χ2n) is 7.38. The van der Waals surface area contributed by atoms with Crippen LogP contribution < -0.4 is 0 Å². The molecule has 1 saturated heterocycles. The molecule has 144 valence electrons. The highest BCUT2D eigenvalue weighted by Crippen LogP contribution is 2.28. The van der Waals surface area contributed by atoms with Crippen LogP contribution in [-0.4, -0.2) is 54.0 Å². The molecule has 3 rings (SSSR count). The Morgan fingerprint density at radius 3 is 2.62 bits per heavy atom. The van der Waals surface area contributed by atoms with Gasteiger partial charge in [-0.1, -0.05) is 13.3 Å². The molecule has 1 aromatic rings. The summed E-state index contributed by atoms with van der Waals surface area (Å²) in [6.07, 6.45) is 7.60. The number of hydrogen-bond acceptors (Lipinski definition) is 4. The van der Waals surface area contributed by atoms with E-state index in [1.54, 1.807) is 16.1 Å². The molecule has 1 saturated carbocycles. The lowest BCUT2D eigenvalue weighted by atomic mass is 9.84. The van der Waals surface area contributed by atoms with Crippen LogP contribution >= 0.6 is 0 Å². The quantitative estimate of drug-likeness (QED) is 0.678. The van der Waals surface area contributed by atoms with Crippen LogP contribution in [0.3, 0.4) is 0 Å². The molecule has 0 bridgehead atoms. The zero-order valence-corrected chi connectivity index (χ0v) is 15.7. The number of furan rings is 1. The first-order valence-corrected chi connectivity index (χ1v) is 9.88. The van der Waals surface area contributed by atoms with E-state index in [1.807, 2.05) is 19.1 Å². The summed E-state index contributed by atoms with van der Waals surface area (Å²) in [5, 5.41) is 0. The zero-order valence-electron chi connectivity index (χ0n) is 15.7. The van der Waals surface area contributed by atoms with Gasteiger partial charge in [0, 0.05) is 25.6 Å². The monoisotopic (exact) mass is 362 g/mol. The average molecular weight is 362 g/mol. The van der Waals surface area contributed by atoms with Crippen LogP contribution in [0.4, 0.5) is 0 Å². The molecule has 6 heteroatoms. The topological polar surface area (TPSA) is 63.0 Å². The van der Waals surface area contributed by atoms with E-state index in [0.717, 1.165) is 50.9 Å². The molecule has 0 N–H and O–H groups in total. The fourth-order valence-electron chi connectivity index (χ4n) is 3.59. The number of hydrogen-bond donors (Lipinski definition) is 0. The van der Waals surface area contributed by atoms with Crippen molar-refractivity contribution in [2.45, 2.75) is 58.1 Å². The van der Waals surface area contributed by atoms with Gasteiger partial charge in [-0.05, 0) is 44.2 Å². The summed E-state index contributed by atoms with van der Waals surface area (Å²) in [6, 6.07) is 3.70. The van der Waals surface area contributed by atoms with E-state index in [9.17, 15) is 9.59 Å². The summed E-state index contributed by atoms with van der Waals surface area (Å²) in [7, 11) is 0. The summed E-state index contributed by atoms with van der Waals surface area (Å²) in [5.74, 6) is 0.981. The highest BCUT2D eigenvalue weighted by atomic mass is 16.5. The van der Waals surface area contributed by atoms with Gasteiger partial charge < -0.3 is 19.0 Å². The van der Waals surface area contributed by atoms with E-state index in [1.165, 1.54) is 0 Å². The normalized spacial score (nSPS) is 20.0. The Bertz CT molecular complexity index is 577. The summed E-state index contributed by atoms with van der Waals surface area (Å²) >= 11 is 0. The number of carbonyl (C=O) groups is 2. The minimum atomic E-state index is -0.0296. The van der Waals surface area contributed by atoms with Crippen LogP contribution in [0.25, 0.3) is 0 Å². The molecule has 0 unspecified atom stereocenters. The molecule has 0 radical (unpaired) electrons. The van der Waals surface area contributed by atoms with Gasteiger partial charge >= 0.3 is 0 Å². The van der Waals surface area contributed by atoms with Gasteiger partial charge in [0.25, 0.3) is 0 Å². The van der Waals surface area contributed by atoms with Crippen molar-refractivity contribution in [3.63, 3.8) is 0 Å². The zero-order chi connectivity index (χ0) is 18.4. The third kappa shape index (κ3) is 4.87. The minimum Gasteiger partial charge on any atom is -0.467 e. The lowest BCUT2D eigenvalue weighted by molar-refractivity contribution is -0.145. The van der Waals surface area contributed by atoms with Gasteiger partial charge in [-0.3, -0.25) is 9.59 Å². The summed E-state index contributed by atoms with van der Waals surface area (Å²) in [5.41, 5.74) is 0. The number of amides is 2. The summed E-state index contributed by atoms with van der Waals surface area (Å²) < 4.78 is 11.1. The van der Waals surface area contributed by atoms with Crippen molar-refractivity contribution >= 4 is 11.8 Å². The molecule has 2 fully saturated rings. The van der Waals surface area contributed by atoms with Crippen molar-refractivity contribution in [1.82, 2.24) is 9.80 Å². The Morgan fingerprint density at radius 1 is 1.19 bits per heavy atom. The van der Waals surface area contributed by atoms with Gasteiger partial charge in [-0.2, -0.15) is 0 Å². The fraction of sp³-hybridized carbons (Fsp3) is 0.700. The smallest absolute Gasteiger partial charge is 0.242 e. The third-order valence-corrected chi connectivity index (χ3v) is 5.31. The van der Waals surface area contributed by atoms with Gasteiger partial charge in [-0.15, -0.1) is 0 Å². The molecule has 2 aliphatic rings. The highest BCUT2D eigenvalue weighted by Gasteiger charge is 2.31. The van der Waals surface area contributed by atoms with Crippen molar-refractivity contribution < 1.29 is 18.7 Å². The van der Waals surface area contributed by atoms with E-state index in [0.29, 0.717) is 19.6 Å². The molecular formula is C20H30N2O4. The second-order valence-corrected chi connectivity index (χ2v) is 7.38. The highest BCUT2D eigenvalue weighted by molar-refractivity contribution is 5.86. The summed E-state index contributed by atoms with van der Waals surface area (Å²) in [6.45, 7) is 4.56. The minimum absolute atomic E-state index is 0.0296. The Kier molecular flexibility index (Phi) is 6.72. The molecule has 26 heavy (non-hydrogen) atoms. The van der Waals surface area contributed by atoms with Crippen LogP contribution in [-0.2, 0) is 20.9 Å². The van der Waals surface area contributed by atoms with E-state index in [2.05, 4.69) is 0 Å². The Balaban J connectivity index is 1.64. The first-order chi connectivity index (χ1) is 12.7. The molecule has 1 aliphatic heterocycles. The fourth-order valence-corrected chi connectivity index (χ4v) is 3.59. The van der Waals surface area contributed by atoms with Gasteiger partial charge in [0.1, 0.15) is 5.76 Å². The average Bonchev–Trinajstić information content (AvgIpc) is 3.26. The second kappa shape index (κ2) is 9.21. The van der Waals surface area contributed by atoms with Gasteiger partial charge in [0.15, 0.2) is 0 Å². The number of carbonyl (C=O) groups excluding carboxylic acids is 2. The van der Waals surface area contributed by atoms with Crippen LogP contribution in [0.2, 0.25) is 0 Å². The van der Waals surface area contributed by atoms with Crippen LogP contribution in [0.1, 0.15) is 51.2 Å². The Labute approximate surface area is 155 Å². The van der Waals surface area contributed by atoms with Crippen LogP contribution in [0, 0.1) is 5.92 Å². The van der Waals surface area contributed by atoms with E-state index >= 15 is 0 Å². The first-order valence-electron chi connectivity index (χ1n) is 9.88. The van der Waals surface area contributed by atoms with Crippen molar-refractivity contribution in [1.29, 1.82) is 0 Å². The molecule has 0 aromatic carbocycles. The van der Waals surface area contributed by atoms with Crippen molar-refractivity contribution in [3.05, 3.63) is 24.2 Å². The van der Waals surface area contributed by atoms with E-state index in [-0.39, 0.29) is 30.4 Å². The molecular weight excluding hydrogens is 332 g/mol. The van der Waals surface area contributed by atoms with Gasteiger partial charge in [-0.25, -0.2) is 0 Å². The number of ether oxygens (including phenoxy) is 1. The van der Waals surface area contributed by atoms with Crippen molar-refractivity contribution in [2.24, 2.45) is 5.92 Å². The van der Waals surface area contributed by atoms with E-state index in [4.69, 9.17) is 9.15 Å². The predicted molar refractivity (Wildman–Crippen MR) is 97.3 cm³/mol. The van der Waals surface area contributed by atoms with Gasteiger partial charge in [0.2, 0.25) is 11.8 Å². The number of nitrogens with zero attached hydrogens (tertiary/aromatic N) is 2. The Morgan fingerprint density at radius 2 is 2.04 bits per heavy atom. The lowest BCUT2D eigenvalue weighted by Gasteiger charge is -2.33. The van der Waals surface area contributed by atoms with Crippen molar-refractivity contribution in [2.75, 3.05) is 26.2 Å². The molecule has 2 heterocycles. The molecule has 2 amide bonds. The number of rotatable bonds is 9. The maximum absolute atomic E-state index is 13.0. The molecule has 6 nitrogen and oxygen atoms in total. The Hall–Kier alpha value is -1.82. The SMILES string of the molecule is CCCN(CC(=O)N(Cc1ccco1)C[C@H]1CCCO1)C(=O)C1CCC1. The molecule has 1 aromatic heterocycles. The standard InChI is InChI=1S/C20H30N2O4/c1-2-10-21(20(24)16-6-3-7-16)15-19(23)22(13-17-8-4-11-25-17)14-18-9-5-12-26-18/h4,8,11,16,18H,2-3,5-7,9-10,12-15H2,1H3/t18-/m1/s1. The van der Waals surface area contributed by atoms with Crippen LogP contribution in [0.15, 0.2) is 22.8 Å². The van der Waals surface area contributed by atoms with Gasteiger partial charge in [0.05, 0.1) is 25.5 Å². The maximum atomic E-state index is 13.0. The maximum Gasteiger partial charge on any atom is 0.242 e. The molecule has 1 aliphatic carbocycles. The summed E-state index contributed by atoms with van der Waals surface area (Å²) in [4.78, 5) is 29.2. The lowest BCUT2D eigenvalue weighted by Crippen LogP contribution is -2.47.